The van der Waals surface area contributed by atoms with E-state index in [4.69, 9.17) is 10.5 Å². The standard InChI is InChI=1S/C9H18N2O2/c1-7(13-3)8(12)11-5-4-9(2,10)6-11/h7H,4-6,10H2,1-3H3. The summed E-state index contributed by atoms with van der Waals surface area (Å²) in [6, 6.07) is 0. The number of ether oxygens (including phenoxy) is 1. The molecule has 76 valence electrons. The maximum Gasteiger partial charge on any atom is 0.251 e. The molecule has 0 radical (unpaired) electrons. The number of amides is 1. The zero-order valence-electron chi connectivity index (χ0n) is 8.54. The number of nitrogens with zero attached hydrogens (tertiary/aromatic N) is 1. The molecule has 1 fully saturated rings. The minimum absolute atomic E-state index is 0.0386. The maximum absolute atomic E-state index is 11.6. The van der Waals surface area contributed by atoms with Crippen LogP contribution in [0.15, 0.2) is 0 Å². The van der Waals surface area contributed by atoms with Crippen LogP contribution in [0, 0.1) is 0 Å². The summed E-state index contributed by atoms with van der Waals surface area (Å²) in [5.41, 5.74) is 5.69. The minimum atomic E-state index is -0.353. The molecule has 0 aromatic rings. The third-order valence-corrected chi connectivity index (χ3v) is 2.52. The number of methoxy groups -OCH3 is 1. The van der Waals surface area contributed by atoms with Crippen LogP contribution in [-0.4, -0.2) is 42.6 Å². The van der Waals surface area contributed by atoms with Crippen molar-refractivity contribution in [2.45, 2.75) is 31.9 Å². The molecule has 1 saturated heterocycles. The minimum Gasteiger partial charge on any atom is -0.372 e. The van der Waals surface area contributed by atoms with E-state index in [2.05, 4.69) is 0 Å². The first-order valence-electron chi connectivity index (χ1n) is 4.57. The number of carbonyl (C=O) groups excluding carboxylic acids is 1. The van der Waals surface area contributed by atoms with Crippen LogP contribution >= 0.6 is 0 Å². The Labute approximate surface area is 79.0 Å². The molecule has 4 nitrogen and oxygen atoms in total. The Kier molecular flexibility index (Phi) is 2.93. The van der Waals surface area contributed by atoms with Gasteiger partial charge in [-0.15, -0.1) is 0 Å². The zero-order valence-corrected chi connectivity index (χ0v) is 8.54. The third kappa shape index (κ3) is 2.42. The molecule has 2 N–H and O–H groups in total. The van der Waals surface area contributed by atoms with Crippen molar-refractivity contribution in [3.63, 3.8) is 0 Å². The molecule has 13 heavy (non-hydrogen) atoms. The van der Waals surface area contributed by atoms with Gasteiger partial charge in [-0.25, -0.2) is 0 Å². The average molecular weight is 186 g/mol. The molecule has 0 spiro atoms. The van der Waals surface area contributed by atoms with E-state index in [0.29, 0.717) is 6.54 Å². The SMILES string of the molecule is COC(C)C(=O)N1CCC(C)(N)C1. The molecular weight excluding hydrogens is 168 g/mol. The predicted octanol–water partition coefficient (Wildman–Crippen LogP) is -0.0290. The molecule has 0 aliphatic carbocycles. The molecule has 0 saturated carbocycles. The number of nitrogens with two attached hydrogens (primary N) is 1. The van der Waals surface area contributed by atoms with Gasteiger partial charge in [0.2, 0.25) is 0 Å². The van der Waals surface area contributed by atoms with Crippen LogP contribution in [0.25, 0.3) is 0 Å². The molecule has 1 rings (SSSR count). The van der Waals surface area contributed by atoms with Crippen molar-refractivity contribution in [2.75, 3.05) is 20.2 Å². The molecule has 2 unspecified atom stereocenters. The molecule has 2 atom stereocenters. The lowest BCUT2D eigenvalue weighted by molar-refractivity contribution is -0.139. The van der Waals surface area contributed by atoms with Crippen LogP contribution in [0.1, 0.15) is 20.3 Å². The first kappa shape index (κ1) is 10.5. The highest BCUT2D eigenvalue weighted by atomic mass is 16.5. The van der Waals surface area contributed by atoms with Gasteiger partial charge in [0.15, 0.2) is 0 Å². The molecule has 1 heterocycles. The van der Waals surface area contributed by atoms with Gasteiger partial charge in [-0.3, -0.25) is 4.79 Å². The lowest BCUT2D eigenvalue weighted by Gasteiger charge is -2.22. The largest absolute Gasteiger partial charge is 0.372 e. The van der Waals surface area contributed by atoms with Gasteiger partial charge in [0.25, 0.3) is 5.91 Å². The number of likely N-dealkylation sites (tertiary alicyclic amines) is 1. The van der Waals surface area contributed by atoms with Gasteiger partial charge in [0, 0.05) is 25.7 Å². The Bertz CT molecular complexity index is 204. The van der Waals surface area contributed by atoms with E-state index >= 15 is 0 Å². The molecular formula is C9H18N2O2. The normalized spacial score (nSPS) is 30.6. The van der Waals surface area contributed by atoms with Crippen LogP contribution in [0.3, 0.4) is 0 Å². The Morgan fingerprint density at radius 3 is 2.69 bits per heavy atom. The molecule has 0 bridgehead atoms. The van der Waals surface area contributed by atoms with Gasteiger partial charge >= 0.3 is 0 Å². The predicted molar refractivity (Wildman–Crippen MR) is 50.3 cm³/mol. The van der Waals surface area contributed by atoms with Crippen molar-refractivity contribution >= 4 is 5.91 Å². The molecule has 0 aromatic carbocycles. The number of carbonyl (C=O) groups is 1. The summed E-state index contributed by atoms with van der Waals surface area (Å²) < 4.78 is 4.96. The van der Waals surface area contributed by atoms with Crippen LogP contribution in [0.2, 0.25) is 0 Å². The number of rotatable bonds is 2. The van der Waals surface area contributed by atoms with Crippen LogP contribution in [0.4, 0.5) is 0 Å². The van der Waals surface area contributed by atoms with E-state index < -0.39 is 0 Å². The molecule has 1 aliphatic rings. The summed E-state index contributed by atoms with van der Waals surface area (Å²) >= 11 is 0. The van der Waals surface area contributed by atoms with E-state index in [1.807, 2.05) is 6.92 Å². The quantitative estimate of drug-likeness (QED) is 0.659. The fourth-order valence-corrected chi connectivity index (χ4v) is 1.53. The monoisotopic (exact) mass is 186 g/mol. The van der Waals surface area contributed by atoms with Gasteiger partial charge < -0.3 is 15.4 Å². The van der Waals surface area contributed by atoms with Crippen LogP contribution < -0.4 is 5.73 Å². The third-order valence-electron chi connectivity index (χ3n) is 2.52. The van der Waals surface area contributed by atoms with Gasteiger partial charge in [-0.05, 0) is 20.3 Å². The first-order valence-corrected chi connectivity index (χ1v) is 4.57. The lowest BCUT2D eigenvalue weighted by Crippen LogP contribution is -2.43. The van der Waals surface area contributed by atoms with Gasteiger partial charge in [0.05, 0.1) is 0 Å². The van der Waals surface area contributed by atoms with Crippen molar-refractivity contribution in [3.05, 3.63) is 0 Å². The zero-order chi connectivity index (χ0) is 10.1. The number of hydrogen-bond acceptors (Lipinski definition) is 3. The van der Waals surface area contributed by atoms with Crippen molar-refractivity contribution in [1.82, 2.24) is 4.90 Å². The second-order valence-electron chi connectivity index (χ2n) is 4.04. The van der Waals surface area contributed by atoms with Crippen LogP contribution in [-0.2, 0) is 9.53 Å². The molecule has 0 aromatic heterocycles. The summed E-state index contributed by atoms with van der Waals surface area (Å²) in [5, 5.41) is 0. The van der Waals surface area contributed by atoms with Crippen molar-refractivity contribution in [1.29, 1.82) is 0 Å². The van der Waals surface area contributed by atoms with E-state index in [0.717, 1.165) is 13.0 Å². The van der Waals surface area contributed by atoms with E-state index in [1.54, 1.807) is 18.9 Å². The average Bonchev–Trinajstić information content (AvgIpc) is 2.43. The smallest absolute Gasteiger partial charge is 0.251 e. The molecule has 4 heteroatoms. The first-order chi connectivity index (χ1) is 5.96. The highest BCUT2D eigenvalue weighted by Crippen LogP contribution is 2.18. The van der Waals surface area contributed by atoms with E-state index in [9.17, 15) is 4.79 Å². The fourth-order valence-electron chi connectivity index (χ4n) is 1.53. The Morgan fingerprint density at radius 1 is 1.69 bits per heavy atom. The Morgan fingerprint density at radius 2 is 2.31 bits per heavy atom. The molecule has 1 amide bonds. The van der Waals surface area contributed by atoms with Gasteiger partial charge in [-0.1, -0.05) is 0 Å². The van der Waals surface area contributed by atoms with Gasteiger partial charge in [-0.2, -0.15) is 0 Å². The number of hydrogen-bond donors (Lipinski definition) is 1. The van der Waals surface area contributed by atoms with E-state index in [-0.39, 0.29) is 17.6 Å². The Hall–Kier alpha value is -0.610. The second kappa shape index (κ2) is 3.64. The summed E-state index contributed by atoms with van der Waals surface area (Å²) in [6.45, 7) is 5.12. The summed E-state index contributed by atoms with van der Waals surface area (Å²) in [7, 11) is 1.54. The van der Waals surface area contributed by atoms with Crippen LogP contribution in [0.5, 0.6) is 0 Å². The van der Waals surface area contributed by atoms with Crippen molar-refractivity contribution in [2.24, 2.45) is 5.73 Å². The molecule has 1 aliphatic heterocycles. The van der Waals surface area contributed by atoms with Crippen molar-refractivity contribution < 1.29 is 9.53 Å². The highest BCUT2D eigenvalue weighted by molar-refractivity contribution is 5.80. The topological polar surface area (TPSA) is 55.6 Å². The lowest BCUT2D eigenvalue weighted by atomic mass is 10.0. The van der Waals surface area contributed by atoms with Gasteiger partial charge in [0.1, 0.15) is 6.10 Å². The van der Waals surface area contributed by atoms with Crippen molar-refractivity contribution in [3.8, 4) is 0 Å². The summed E-state index contributed by atoms with van der Waals surface area (Å²) in [5.74, 6) is 0.0386. The Balaban J connectivity index is 2.51. The summed E-state index contributed by atoms with van der Waals surface area (Å²) in [4.78, 5) is 13.4. The maximum atomic E-state index is 11.6. The fraction of sp³-hybridized carbons (Fsp3) is 0.889. The highest BCUT2D eigenvalue weighted by Gasteiger charge is 2.34. The van der Waals surface area contributed by atoms with E-state index in [1.165, 1.54) is 0 Å². The second-order valence-corrected chi connectivity index (χ2v) is 4.04. The summed E-state index contributed by atoms with van der Waals surface area (Å²) in [6.07, 6.45) is 0.517.